The first-order chi connectivity index (χ1) is 8.29. The summed E-state index contributed by atoms with van der Waals surface area (Å²) in [5, 5.41) is 3.34. The van der Waals surface area contributed by atoms with Gasteiger partial charge >= 0.3 is 0 Å². The van der Waals surface area contributed by atoms with E-state index in [1.807, 2.05) is 24.5 Å². The van der Waals surface area contributed by atoms with Crippen molar-refractivity contribution in [1.29, 1.82) is 0 Å². The number of furan rings is 1. The molecule has 17 heavy (non-hydrogen) atoms. The molecular weight excluding hydrogens is 298 g/mol. The van der Waals surface area contributed by atoms with Crippen molar-refractivity contribution < 1.29 is 4.42 Å². The predicted octanol–water partition coefficient (Wildman–Crippen LogP) is 3.90. The van der Waals surface area contributed by atoms with Crippen LogP contribution in [0.2, 0.25) is 0 Å². The molecular formula is C13H14BrNOS. The Morgan fingerprint density at radius 1 is 1.47 bits per heavy atom. The third-order valence-corrected chi connectivity index (χ3v) is 5.20. The summed E-state index contributed by atoms with van der Waals surface area (Å²) < 4.78 is 6.60. The SMILES string of the molecule is CNC(c1cc2c(s1)CCC2)c1occc1Br. The molecule has 0 saturated carbocycles. The minimum atomic E-state index is 0.162. The predicted molar refractivity (Wildman–Crippen MR) is 73.7 cm³/mol. The van der Waals surface area contributed by atoms with E-state index in [-0.39, 0.29) is 6.04 Å². The van der Waals surface area contributed by atoms with Gasteiger partial charge in [0, 0.05) is 9.75 Å². The third-order valence-electron chi connectivity index (χ3n) is 3.25. The molecule has 1 atom stereocenters. The molecule has 1 aliphatic rings. The minimum Gasteiger partial charge on any atom is -0.466 e. The number of hydrogen-bond acceptors (Lipinski definition) is 3. The van der Waals surface area contributed by atoms with Crippen LogP contribution in [0.5, 0.6) is 0 Å². The Hall–Kier alpha value is -0.580. The second-order valence-corrected chi connectivity index (χ2v) is 6.33. The largest absolute Gasteiger partial charge is 0.466 e. The molecule has 2 aromatic heterocycles. The Kier molecular flexibility index (Phi) is 3.11. The molecule has 2 nitrogen and oxygen atoms in total. The number of rotatable bonds is 3. The van der Waals surface area contributed by atoms with Crippen LogP contribution in [0.3, 0.4) is 0 Å². The fraction of sp³-hybridized carbons (Fsp3) is 0.385. The van der Waals surface area contributed by atoms with Crippen molar-refractivity contribution in [2.75, 3.05) is 7.05 Å². The van der Waals surface area contributed by atoms with Crippen LogP contribution in [-0.4, -0.2) is 7.05 Å². The lowest BCUT2D eigenvalue weighted by molar-refractivity contribution is 0.464. The van der Waals surface area contributed by atoms with Crippen molar-refractivity contribution in [2.24, 2.45) is 0 Å². The van der Waals surface area contributed by atoms with Crippen LogP contribution in [0.15, 0.2) is 27.3 Å². The van der Waals surface area contributed by atoms with E-state index in [1.165, 1.54) is 29.7 Å². The smallest absolute Gasteiger partial charge is 0.140 e. The van der Waals surface area contributed by atoms with E-state index in [2.05, 4.69) is 27.3 Å². The highest BCUT2D eigenvalue weighted by Gasteiger charge is 2.23. The molecule has 0 bridgehead atoms. The van der Waals surface area contributed by atoms with Crippen molar-refractivity contribution >= 4 is 27.3 Å². The zero-order valence-electron chi connectivity index (χ0n) is 9.63. The molecule has 1 unspecified atom stereocenters. The Balaban J connectivity index is 1.97. The van der Waals surface area contributed by atoms with Gasteiger partial charge < -0.3 is 9.73 Å². The van der Waals surface area contributed by atoms with Crippen LogP contribution in [0.1, 0.15) is 33.5 Å². The van der Waals surface area contributed by atoms with Gasteiger partial charge in [0.05, 0.1) is 10.7 Å². The fourth-order valence-corrected chi connectivity index (χ4v) is 4.21. The summed E-state index contributed by atoms with van der Waals surface area (Å²) in [6.07, 6.45) is 5.53. The third kappa shape index (κ3) is 1.98. The van der Waals surface area contributed by atoms with Crippen LogP contribution in [0.25, 0.3) is 0 Å². The van der Waals surface area contributed by atoms with E-state index in [4.69, 9.17) is 4.42 Å². The van der Waals surface area contributed by atoms with Crippen LogP contribution in [-0.2, 0) is 12.8 Å². The highest BCUT2D eigenvalue weighted by molar-refractivity contribution is 9.10. The summed E-state index contributed by atoms with van der Waals surface area (Å²) >= 11 is 5.45. The summed E-state index contributed by atoms with van der Waals surface area (Å²) in [6.45, 7) is 0. The molecule has 0 radical (unpaired) electrons. The van der Waals surface area contributed by atoms with E-state index >= 15 is 0 Å². The molecule has 90 valence electrons. The average molecular weight is 312 g/mol. The molecule has 0 aliphatic heterocycles. The second kappa shape index (κ2) is 4.59. The minimum absolute atomic E-state index is 0.162. The Labute approximate surface area is 113 Å². The van der Waals surface area contributed by atoms with Crippen LogP contribution in [0, 0.1) is 0 Å². The number of nitrogens with one attached hydrogen (secondary N) is 1. The first kappa shape index (κ1) is 11.5. The molecule has 0 aromatic carbocycles. The Bertz CT molecular complexity index is 510. The first-order valence-corrected chi connectivity index (χ1v) is 7.42. The highest BCUT2D eigenvalue weighted by Crippen LogP contribution is 2.37. The Morgan fingerprint density at radius 3 is 3.00 bits per heavy atom. The van der Waals surface area contributed by atoms with Crippen molar-refractivity contribution in [3.63, 3.8) is 0 Å². The number of hydrogen-bond donors (Lipinski definition) is 1. The molecule has 2 aromatic rings. The summed E-state index contributed by atoms with van der Waals surface area (Å²) in [7, 11) is 1.98. The highest BCUT2D eigenvalue weighted by atomic mass is 79.9. The maximum Gasteiger partial charge on any atom is 0.140 e. The molecule has 3 rings (SSSR count). The molecule has 0 spiro atoms. The van der Waals surface area contributed by atoms with Crippen molar-refractivity contribution in [3.05, 3.63) is 43.9 Å². The van der Waals surface area contributed by atoms with Gasteiger partial charge in [-0.25, -0.2) is 0 Å². The van der Waals surface area contributed by atoms with Gasteiger partial charge in [-0.05, 0) is 59.9 Å². The standard InChI is InChI=1S/C13H14BrNOS/c1-15-12(13-9(14)5-6-16-13)11-7-8-3-2-4-10(8)17-11/h5-7,12,15H,2-4H2,1H3. The van der Waals surface area contributed by atoms with Gasteiger partial charge in [0.2, 0.25) is 0 Å². The second-order valence-electron chi connectivity index (χ2n) is 4.31. The molecule has 1 aliphatic carbocycles. The van der Waals surface area contributed by atoms with Crippen molar-refractivity contribution in [2.45, 2.75) is 25.3 Å². The van der Waals surface area contributed by atoms with Gasteiger partial charge in [-0.3, -0.25) is 0 Å². The summed E-state index contributed by atoms with van der Waals surface area (Å²) in [5.41, 5.74) is 1.54. The van der Waals surface area contributed by atoms with E-state index in [9.17, 15) is 0 Å². The summed E-state index contributed by atoms with van der Waals surface area (Å²) in [5.74, 6) is 0.965. The van der Waals surface area contributed by atoms with E-state index < -0.39 is 0 Å². The number of halogens is 1. The van der Waals surface area contributed by atoms with Gasteiger partial charge in [-0.1, -0.05) is 0 Å². The van der Waals surface area contributed by atoms with Gasteiger partial charge in [0.1, 0.15) is 11.8 Å². The van der Waals surface area contributed by atoms with Gasteiger partial charge in [0.25, 0.3) is 0 Å². The molecule has 0 fully saturated rings. The van der Waals surface area contributed by atoms with Crippen molar-refractivity contribution in [3.8, 4) is 0 Å². The van der Waals surface area contributed by atoms with Gasteiger partial charge in [0.15, 0.2) is 0 Å². The molecule has 4 heteroatoms. The fourth-order valence-electron chi connectivity index (χ4n) is 2.41. The lowest BCUT2D eigenvalue weighted by atomic mass is 10.1. The van der Waals surface area contributed by atoms with Crippen LogP contribution in [0.4, 0.5) is 0 Å². The zero-order valence-corrected chi connectivity index (χ0v) is 12.0. The number of aryl methyl sites for hydroxylation is 2. The lowest BCUT2D eigenvalue weighted by Crippen LogP contribution is -2.16. The van der Waals surface area contributed by atoms with E-state index in [1.54, 1.807) is 11.1 Å². The maximum absolute atomic E-state index is 5.57. The Morgan fingerprint density at radius 2 is 2.35 bits per heavy atom. The normalized spacial score (nSPS) is 16.1. The lowest BCUT2D eigenvalue weighted by Gasteiger charge is -2.12. The van der Waals surface area contributed by atoms with E-state index in [0.29, 0.717) is 0 Å². The van der Waals surface area contributed by atoms with E-state index in [0.717, 1.165) is 10.2 Å². The van der Waals surface area contributed by atoms with Gasteiger partial charge in [-0.2, -0.15) is 0 Å². The quantitative estimate of drug-likeness (QED) is 0.930. The maximum atomic E-state index is 5.57. The van der Waals surface area contributed by atoms with Crippen LogP contribution >= 0.6 is 27.3 Å². The average Bonchev–Trinajstić information content (AvgIpc) is 2.96. The van der Waals surface area contributed by atoms with Crippen molar-refractivity contribution in [1.82, 2.24) is 5.32 Å². The summed E-state index contributed by atoms with van der Waals surface area (Å²) in [4.78, 5) is 2.91. The molecule has 2 heterocycles. The molecule has 1 N–H and O–H groups in total. The topological polar surface area (TPSA) is 25.2 Å². The monoisotopic (exact) mass is 311 g/mol. The number of fused-ring (bicyclic) bond motifs is 1. The first-order valence-electron chi connectivity index (χ1n) is 5.81. The molecule has 0 amide bonds. The summed E-state index contributed by atoms with van der Waals surface area (Å²) in [6, 6.07) is 4.44. The van der Waals surface area contributed by atoms with Gasteiger partial charge in [-0.15, -0.1) is 11.3 Å². The molecule has 0 saturated heterocycles. The van der Waals surface area contributed by atoms with Crippen LogP contribution < -0.4 is 5.32 Å². The zero-order chi connectivity index (χ0) is 11.8. The number of thiophene rings is 1.